The molecule has 6 rings (SSSR count). The highest BCUT2D eigenvalue weighted by Gasteiger charge is 2.52. The Hall–Kier alpha value is -1.58. The van der Waals surface area contributed by atoms with Crippen LogP contribution in [0, 0.1) is 17.8 Å². The summed E-state index contributed by atoms with van der Waals surface area (Å²) in [4.78, 5) is 0. The first-order valence-corrected chi connectivity index (χ1v) is 10.5. The molecule has 0 saturated heterocycles. The standard InChI is InChI=1S/C24H30O3/c1-3-26-23(25-2)27-22-12-20-7-5-4-6-19(20)11-21(22)24-13-16-8-17(14-24)10-18(9-16)15-24/h4-7,11-12,16-18,23H,3,8-10,13-15H2,1-2H3. The topological polar surface area (TPSA) is 27.7 Å². The molecule has 4 aliphatic carbocycles. The van der Waals surface area contributed by atoms with Gasteiger partial charge in [0.1, 0.15) is 5.75 Å². The fraction of sp³-hybridized carbons (Fsp3) is 0.583. The molecule has 0 N–H and O–H groups in total. The van der Waals surface area contributed by atoms with Crippen molar-refractivity contribution < 1.29 is 14.2 Å². The molecule has 3 nitrogen and oxygen atoms in total. The van der Waals surface area contributed by atoms with Gasteiger partial charge in [-0.2, -0.15) is 0 Å². The number of fused-ring (bicyclic) bond motifs is 1. The molecule has 4 aliphatic rings. The molecule has 27 heavy (non-hydrogen) atoms. The third-order valence-corrected chi connectivity index (χ3v) is 7.18. The third-order valence-electron chi connectivity index (χ3n) is 7.18. The van der Waals surface area contributed by atoms with Gasteiger partial charge < -0.3 is 14.2 Å². The van der Waals surface area contributed by atoms with Crippen molar-refractivity contribution in [1.29, 1.82) is 0 Å². The van der Waals surface area contributed by atoms with Crippen molar-refractivity contribution in [3.8, 4) is 5.75 Å². The van der Waals surface area contributed by atoms with Crippen LogP contribution < -0.4 is 4.74 Å². The third kappa shape index (κ3) is 3.05. The minimum atomic E-state index is -0.649. The molecule has 0 spiro atoms. The molecule has 4 fully saturated rings. The molecule has 1 atom stereocenters. The summed E-state index contributed by atoms with van der Waals surface area (Å²) in [6.07, 6.45) is 8.30. The molecule has 3 heteroatoms. The van der Waals surface area contributed by atoms with E-state index in [9.17, 15) is 0 Å². The lowest BCUT2D eigenvalue weighted by molar-refractivity contribution is -0.231. The molecule has 144 valence electrons. The predicted molar refractivity (Wildman–Crippen MR) is 107 cm³/mol. The van der Waals surface area contributed by atoms with Gasteiger partial charge in [0.05, 0.1) is 6.61 Å². The summed E-state index contributed by atoms with van der Waals surface area (Å²) in [6, 6.07) is 13.2. The Morgan fingerprint density at radius 3 is 2.11 bits per heavy atom. The lowest BCUT2D eigenvalue weighted by Gasteiger charge is -2.57. The fourth-order valence-corrected chi connectivity index (χ4v) is 6.56. The molecule has 0 heterocycles. The molecule has 0 amide bonds. The van der Waals surface area contributed by atoms with Crippen molar-refractivity contribution in [2.75, 3.05) is 13.7 Å². The van der Waals surface area contributed by atoms with E-state index in [2.05, 4.69) is 36.4 Å². The quantitative estimate of drug-likeness (QED) is 0.618. The molecule has 2 aromatic rings. The number of benzene rings is 2. The zero-order valence-corrected chi connectivity index (χ0v) is 16.4. The van der Waals surface area contributed by atoms with Gasteiger partial charge in [-0.05, 0) is 91.5 Å². The summed E-state index contributed by atoms with van der Waals surface area (Å²) < 4.78 is 17.4. The maximum absolute atomic E-state index is 6.29. The minimum absolute atomic E-state index is 0.276. The van der Waals surface area contributed by atoms with Gasteiger partial charge in [0, 0.05) is 12.7 Å². The average molecular weight is 367 g/mol. The van der Waals surface area contributed by atoms with Gasteiger partial charge in [0.25, 0.3) is 0 Å². The molecule has 0 radical (unpaired) electrons. The summed E-state index contributed by atoms with van der Waals surface area (Å²) in [5, 5.41) is 2.52. The van der Waals surface area contributed by atoms with Gasteiger partial charge in [-0.15, -0.1) is 0 Å². The Kier molecular flexibility index (Phi) is 4.40. The molecular formula is C24H30O3. The summed E-state index contributed by atoms with van der Waals surface area (Å²) in [6.45, 7) is 1.89. The second-order valence-corrected chi connectivity index (χ2v) is 8.99. The molecule has 2 aromatic carbocycles. The molecule has 0 aromatic heterocycles. The molecule has 0 aliphatic heterocycles. The van der Waals surface area contributed by atoms with Crippen molar-refractivity contribution in [2.24, 2.45) is 17.8 Å². The summed E-state index contributed by atoms with van der Waals surface area (Å²) in [5.74, 6) is 3.66. The van der Waals surface area contributed by atoms with Crippen molar-refractivity contribution in [2.45, 2.75) is 57.3 Å². The fourth-order valence-electron chi connectivity index (χ4n) is 6.56. The Balaban J connectivity index is 1.60. The molecule has 4 saturated carbocycles. The van der Waals surface area contributed by atoms with E-state index in [1.165, 1.54) is 54.9 Å². The first kappa shape index (κ1) is 17.5. The van der Waals surface area contributed by atoms with Gasteiger partial charge in [-0.25, -0.2) is 0 Å². The van der Waals surface area contributed by atoms with Gasteiger partial charge in [0.15, 0.2) is 0 Å². The van der Waals surface area contributed by atoms with Crippen LogP contribution in [0.4, 0.5) is 0 Å². The van der Waals surface area contributed by atoms with Crippen LogP contribution in [0.1, 0.15) is 51.0 Å². The highest BCUT2D eigenvalue weighted by Crippen LogP contribution is 2.62. The lowest BCUT2D eigenvalue weighted by atomic mass is 9.48. The second-order valence-electron chi connectivity index (χ2n) is 8.99. The van der Waals surface area contributed by atoms with Crippen molar-refractivity contribution in [1.82, 2.24) is 0 Å². The van der Waals surface area contributed by atoms with Crippen molar-refractivity contribution in [3.63, 3.8) is 0 Å². The van der Waals surface area contributed by atoms with Crippen LogP contribution in [0.5, 0.6) is 5.75 Å². The van der Waals surface area contributed by atoms with Crippen LogP contribution >= 0.6 is 0 Å². The van der Waals surface area contributed by atoms with Crippen LogP contribution in [0.25, 0.3) is 10.8 Å². The van der Waals surface area contributed by atoms with E-state index in [1.807, 2.05) is 6.92 Å². The maximum atomic E-state index is 6.29. The maximum Gasteiger partial charge on any atom is 0.315 e. The molecule has 1 unspecified atom stereocenters. The van der Waals surface area contributed by atoms with Crippen molar-refractivity contribution in [3.05, 3.63) is 42.0 Å². The van der Waals surface area contributed by atoms with E-state index in [4.69, 9.17) is 14.2 Å². The van der Waals surface area contributed by atoms with E-state index in [1.54, 1.807) is 7.11 Å². The lowest BCUT2D eigenvalue weighted by Crippen LogP contribution is -2.48. The van der Waals surface area contributed by atoms with Gasteiger partial charge in [0.2, 0.25) is 0 Å². The number of ether oxygens (including phenoxy) is 3. The number of hydrogen-bond acceptors (Lipinski definition) is 3. The van der Waals surface area contributed by atoms with Gasteiger partial charge >= 0.3 is 6.48 Å². The Morgan fingerprint density at radius 2 is 1.56 bits per heavy atom. The molecular weight excluding hydrogens is 336 g/mol. The Labute approximate surface area is 162 Å². The van der Waals surface area contributed by atoms with E-state index in [0.29, 0.717) is 6.61 Å². The Bertz CT molecular complexity index is 792. The summed E-state index contributed by atoms with van der Waals surface area (Å²) in [7, 11) is 1.64. The van der Waals surface area contributed by atoms with Crippen LogP contribution in [-0.4, -0.2) is 20.2 Å². The van der Waals surface area contributed by atoms with Crippen LogP contribution in [0.15, 0.2) is 36.4 Å². The zero-order valence-electron chi connectivity index (χ0n) is 16.4. The number of hydrogen-bond donors (Lipinski definition) is 0. The SMILES string of the molecule is CCOC(OC)Oc1cc2ccccc2cc1C12CC3CC(CC(C3)C1)C2. The predicted octanol–water partition coefficient (Wildman–Crippen LogP) is 5.65. The van der Waals surface area contributed by atoms with E-state index in [0.717, 1.165) is 23.5 Å². The van der Waals surface area contributed by atoms with Crippen molar-refractivity contribution >= 4 is 10.8 Å². The first-order chi connectivity index (χ1) is 13.2. The largest absolute Gasteiger partial charge is 0.441 e. The smallest absolute Gasteiger partial charge is 0.315 e. The van der Waals surface area contributed by atoms with Crippen LogP contribution in [0.2, 0.25) is 0 Å². The number of rotatable bonds is 6. The van der Waals surface area contributed by atoms with Gasteiger partial charge in [-0.3, -0.25) is 0 Å². The zero-order chi connectivity index (χ0) is 18.4. The highest BCUT2D eigenvalue weighted by molar-refractivity contribution is 5.85. The van der Waals surface area contributed by atoms with E-state index >= 15 is 0 Å². The monoisotopic (exact) mass is 366 g/mol. The second kappa shape index (κ2) is 6.79. The van der Waals surface area contributed by atoms with E-state index < -0.39 is 6.48 Å². The average Bonchev–Trinajstić information content (AvgIpc) is 2.66. The number of methoxy groups -OCH3 is 1. The molecule has 4 bridgehead atoms. The Morgan fingerprint density at radius 1 is 0.963 bits per heavy atom. The van der Waals surface area contributed by atoms with Crippen LogP contribution in [-0.2, 0) is 14.9 Å². The minimum Gasteiger partial charge on any atom is -0.441 e. The highest BCUT2D eigenvalue weighted by atomic mass is 16.8. The summed E-state index contributed by atoms with van der Waals surface area (Å²) in [5.41, 5.74) is 1.67. The summed E-state index contributed by atoms with van der Waals surface area (Å²) >= 11 is 0. The normalized spacial score (nSPS) is 32.7. The van der Waals surface area contributed by atoms with E-state index in [-0.39, 0.29) is 5.41 Å². The van der Waals surface area contributed by atoms with Gasteiger partial charge in [-0.1, -0.05) is 24.3 Å². The van der Waals surface area contributed by atoms with Crippen LogP contribution in [0.3, 0.4) is 0 Å². The first-order valence-electron chi connectivity index (χ1n) is 10.5.